The molecule has 1 fully saturated rings. The van der Waals surface area contributed by atoms with Crippen LogP contribution in [0, 0.1) is 11.7 Å². The molecular formula is C20H28ClFN4O2. The van der Waals surface area contributed by atoms with Crippen LogP contribution in [0.5, 0.6) is 0 Å². The van der Waals surface area contributed by atoms with Crippen molar-refractivity contribution < 1.29 is 13.9 Å². The van der Waals surface area contributed by atoms with Crippen molar-refractivity contribution >= 4 is 18.3 Å². The number of aromatic nitrogens is 2. The lowest BCUT2D eigenvalue weighted by Crippen LogP contribution is -2.46. The quantitative estimate of drug-likeness (QED) is 0.653. The Morgan fingerprint density at radius 1 is 1.36 bits per heavy atom. The Morgan fingerprint density at radius 3 is 2.79 bits per heavy atom. The van der Waals surface area contributed by atoms with E-state index in [1.165, 1.54) is 12.1 Å². The molecule has 0 unspecified atom stereocenters. The minimum Gasteiger partial charge on any atom is -0.377 e. The third-order valence-electron chi connectivity index (χ3n) is 5.04. The second-order valence-electron chi connectivity index (χ2n) is 7.08. The van der Waals surface area contributed by atoms with Crippen LogP contribution in [0.3, 0.4) is 0 Å². The summed E-state index contributed by atoms with van der Waals surface area (Å²) < 4.78 is 18.9. The first-order valence-electron chi connectivity index (χ1n) is 9.51. The number of nitrogens with zero attached hydrogens (tertiary/aromatic N) is 1. The molecule has 8 heteroatoms. The van der Waals surface area contributed by atoms with Crippen LogP contribution >= 0.6 is 12.4 Å². The average molecular weight is 411 g/mol. The molecule has 0 bridgehead atoms. The number of halogens is 2. The highest BCUT2D eigenvalue weighted by Gasteiger charge is 2.32. The third-order valence-corrected chi connectivity index (χ3v) is 5.04. The number of carbonyl (C=O) groups excluding carboxylic acids is 1. The van der Waals surface area contributed by atoms with Gasteiger partial charge in [-0.1, -0.05) is 6.92 Å². The summed E-state index contributed by atoms with van der Waals surface area (Å²) in [5.74, 6) is -0.378. The van der Waals surface area contributed by atoms with E-state index in [4.69, 9.17) is 10.5 Å². The van der Waals surface area contributed by atoms with E-state index in [1.54, 1.807) is 18.3 Å². The van der Waals surface area contributed by atoms with Crippen molar-refractivity contribution in [2.45, 2.75) is 51.3 Å². The van der Waals surface area contributed by atoms with E-state index in [0.29, 0.717) is 19.6 Å². The summed E-state index contributed by atoms with van der Waals surface area (Å²) in [5, 5.41) is 9.96. The SMILES string of the molecule is CCCO[C@@H]1CC[C@H](C(=O)NCc2cn[nH]c2-c2ccc(F)cc2)C[C@H]1N.Cl. The van der Waals surface area contributed by atoms with Gasteiger partial charge in [-0.05, 0) is 49.9 Å². The molecule has 2 aromatic rings. The van der Waals surface area contributed by atoms with Crippen molar-refractivity contribution in [3.63, 3.8) is 0 Å². The summed E-state index contributed by atoms with van der Waals surface area (Å²) >= 11 is 0. The van der Waals surface area contributed by atoms with Crippen molar-refractivity contribution in [2.24, 2.45) is 11.7 Å². The van der Waals surface area contributed by atoms with Crippen molar-refractivity contribution in [3.05, 3.63) is 41.8 Å². The van der Waals surface area contributed by atoms with Gasteiger partial charge in [-0.2, -0.15) is 5.10 Å². The molecule has 1 heterocycles. The lowest BCUT2D eigenvalue weighted by molar-refractivity contribution is -0.127. The minimum atomic E-state index is -0.289. The van der Waals surface area contributed by atoms with E-state index in [-0.39, 0.29) is 42.2 Å². The van der Waals surface area contributed by atoms with Crippen molar-refractivity contribution in [1.82, 2.24) is 15.5 Å². The topological polar surface area (TPSA) is 93.0 Å². The predicted molar refractivity (Wildman–Crippen MR) is 108 cm³/mol. The van der Waals surface area contributed by atoms with Gasteiger partial charge in [-0.25, -0.2) is 4.39 Å². The Kier molecular flexibility index (Phi) is 8.41. The van der Waals surface area contributed by atoms with Gasteiger partial charge in [-0.15, -0.1) is 12.4 Å². The largest absolute Gasteiger partial charge is 0.377 e. The van der Waals surface area contributed by atoms with Gasteiger partial charge in [0.25, 0.3) is 0 Å². The number of amides is 1. The zero-order chi connectivity index (χ0) is 19.2. The van der Waals surface area contributed by atoms with Crippen LogP contribution in [0.2, 0.25) is 0 Å². The van der Waals surface area contributed by atoms with Gasteiger partial charge >= 0.3 is 0 Å². The van der Waals surface area contributed by atoms with Gasteiger partial charge in [0.15, 0.2) is 0 Å². The summed E-state index contributed by atoms with van der Waals surface area (Å²) in [6.07, 6.45) is 4.92. The Balaban J connectivity index is 0.00000280. The highest BCUT2D eigenvalue weighted by molar-refractivity contribution is 5.85. The molecule has 1 aromatic carbocycles. The molecule has 1 aliphatic carbocycles. The summed E-state index contributed by atoms with van der Waals surface area (Å²) in [5.41, 5.74) is 8.67. The van der Waals surface area contributed by atoms with Crippen molar-refractivity contribution in [2.75, 3.05) is 6.61 Å². The van der Waals surface area contributed by atoms with Crippen LogP contribution in [0.1, 0.15) is 38.2 Å². The monoisotopic (exact) mass is 410 g/mol. The number of H-pyrrole nitrogens is 1. The molecule has 3 atom stereocenters. The van der Waals surface area contributed by atoms with E-state index in [0.717, 1.165) is 36.1 Å². The molecule has 1 aliphatic rings. The summed E-state index contributed by atoms with van der Waals surface area (Å²) in [6, 6.07) is 6.07. The maximum atomic E-state index is 13.1. The van der Waals surface area contributed by atoms with E-state index >= 15 is 0 Å². The molecule has 1 aromatic heterocycles. The molecule has 0 saturated heterocycles. The second-order valence-corrected chi connectivity index (χ2v) is 7.08. The minimum absolute atomic E-state index is 0. The standard InChI is InChI=1S/C20H27FN4O2.ClH/c1-2-9-27-18-8-5-14(10-17(18)22)20(26)23-11-15-12-24-25-19(15)13-3-6-16(21)7-4-13;/h3-4,6-7,12,14,17-18H,2,5,8-11,22H2,1H3,(H,23,26)(H,24,25);1H/t14-,17+,18+;/m0./s1. The fraction of sp³-hybridized carbons (Fsp3) is 0.500. The normalized spacial score (nSPS) is 21.8. The van der Waals surface area contributed by atoms with Crippen LogP contribution in [0.25, 0.3) is 11.3 Å². The number of aromatic amines is 1. The molecule has 1 amide bonds. The number of hydrogen-bond acceptors (Lipinski definition) is 4. The molecular weight excluding hydrogens is 383 g/mol. The number of ether oxygens (including phenoxy) is 1. The van der Waals surface area contributed by atoms with Gasteiger partial charge in [0, 0.05) is 36.2 Å². The molecule has 0 spiro atoms. The Hall–Kier alpha value is -1.96. The summed E-state index contributed by atoms with van der Waals surface area (Å²) in [4.78, 5) is 12.6. The molecule has 0 radical (unpaired) electrons. The van der Waals surface area contributed by atoms with Crippen LogP contribution in [-0.4, -0.2) is 34.9 Å². The predicted octanol–water partition coefficient (Wildman–Crippen LogP) is 3.18. The molecule has 3 rings (SSSR count). The van der Waals surface area contributed by atoms with Gasteiger partial charge in [-0.3, -0.25) is 9.89 Å². The van der Waals surface area contributed by atoms with Crippen LogP contribution in [-0.2, 0) is 16.1 Å². The first kappa shape index (κ1) is 22.3. The molecule has 154 valence electrons. The fourth-order valence-electron chi connectivity index (χ4n) is 3.53. The zero-order valence-corrected chi connectivity index (χ0v) is 16.8. The number of hydrogen-bond donors (Lipinski definition) is 3. The molecule has 6 nitrogen and oxygen atoms in total. The Bertz CT molecular complexity index is 753. The van der Waals surface area contributed by atoms with Gasteiger partial charge in [0.05, 0.1) is 18.0 Å². The Labute approximate surface area is 170 Å². The smallest absolute Gasteiger partial charge is 0.223 e. The first-order valence-corrected chi connectivity index (χ1v) is 9.51. The van der Waals surface area contributed by atoms with E-state index in [1.807, 2.05) is 0 Å². The summed E-state index contributed by atoms with van der Waals surface area (Å²) in [7, 11) is 0. The lowest BCUT2D eigenvalue weighted by atomic mass is 9.83. The lowest BCUT2D eigenvalue weighted by Gasteiger charge is -2.33. The van der Waals surface area contributed by atoms with Crippen LogP contribution in [0.4, 0.5) is 4.39 Å². The van der Waals surface area contributed by atoms with E-state index < -0.39 is 0 Å². The third kappa shape index (κ3) is 5.53. The first-order chi connectivity index (χ1) is 13.1. The molecule has 4 N–H and O–H groups in total. The number of benzene rings is 1. The molecule has 1 saturated carbocycles. The average Bonchev–Trinajstić information content (AvgIpc) is 3.14. The van der Waals surface area contributed by atoms with E-state index in [2.05, 4.69) is 22.4 Å². The second kappa shape index (κ2) is 10.5. The van der Waals surface area contributed by atoms with E-state index in [9.17, 15) is 9.18 Å². The molecule has 28 heavy (non-hydrogen) atoms. The van der Waals surface area contributed by atoms with Crippen LogP contribution < -0.4 is 11.1 Å². The Morgan fingerprint density at radius 2 is 2.11 bits per heavy atom. The number of nitrogens with one attached hydrogen (secondary N) is 2. The maximum absolute atomic E-state index is 13.1. The highest BCUT2D eigenvalue weighted by Crippen LogP contribution is 2.26. The van der Waals surface area contributed by atoms with Gasteiger partial charge in [0.1, 0.15) is 5.82 Å². The molecule has 0 aliphatic heterocycles. The van der Waals surface area contributed by atoms with Gasteiger partial charge in [0.2, 0.25) is 5.91 Å². The highest BCUT2D eigenvalue weighted by atomic mass is 35.5. The van der Waals surface area contributed by atoms with Crippen molar-refractivity contribution in [3.8, 4) is 11.3 Å². The number of rotatable bonds is 7. The zero-order valence-electron chi connectivity index (χ0n) is 16.0. The van der Waals surface area contributed by atoms with Gasteiger partial charge < -0.3 is 15.8 Å². The van der Waals surface area contributed by atoms with Crippen molar-refractivity contribution in [1.29, 1.82) is 0 Å². The maximum Gasteiger partial charge on any atom is 0.223 e. The van der Waals surface area contributed by atoms with Crippen LogP contribution in [0.15, 0.2) is 30.5 Å². The summed E-state index contributed by atoms with van der Waals surface area (Å²) in [6.45, 7) is 3.14. The number of carbonyl (C=O) groups is 1. The fourth-order valence-corrected chi connectivity index (χ4v) is 3.53. The number of nitrogens with two attached hydrogens (primary N) is 1.